The zero-order valence-electron chi connectivity index (χ0n) is 7.71. The summed E-state index contributed by atoms with van der Waals surface area (Å²) in [5.74, 6) is -0.0654. The molecule has 1 aliphatic carbocycles. The van der Waals surface area contributed by atoms with Crippen molar-refractivity contribution in [2.24, 2.45) is 0 Å². The number of hydrogen-bond acceptors (Lipinski definition) is 2. The lowest BCUT2D eigenvalue weighted by Crippen LogP contribution is -2.20. The van der Waals surface area contributed by atoms with Gasteiger partial charge in [-0.3, -0.25) is 4.79 Å². The van der Waals surface area contributed by atoms with E-state index in [1.807, 2.05) is 13.3 Å². The second-order valence-corrected chi connectivity index (χ2v) is 3.36. The minimum Gasteiger partial charge on any atom is -0.462 e. The minimum absolute atomic E-state index is 0.0654. The summed E-state index contributed by atoms with van der Waals surface area (Å²) in [7, 11) is 0. The Labute approximate surface area is 74.3 Å². The van der Waals surface area contributed by atoms with E-state index in [0.717, 1.165) is 12.8 Å². The molecule has 1 radical (unpaired) electrons. The number of rotatable bonds is 3. The molecule has 0 bridgehead atoms. The van der Waals surface area contributed by atoms with Crippen molar-refractivity contribution in [2.75, 3.05) is 0 Å². The predicted molar refractivity (Wildman–Crippen MR) is 47.6 cm³/mol. The van der Waals surface area contributed by atoms with Crippen LogP contribution in [0.4, 0.5) is 0 Å². The van der Waals surface area contributed by atoms with E-state index in [-0.39, 0.29) is 12.1 Å². The van der Waals surface area contributed by atoms with Gasteiger partial charge in [-0.05, 0) is 32.1 Å². The van der Waals surface area contributed by atoms with Crippen molar-refractivity contribution in [3.8, 4) is 0 Å². The second kappa shape index (κ2) is 5.18. The topological polar surface area (TPSA) is 26.3 Å². The van der Waals surface area contributed by atoms with E-state index in [2.05, 4.69) is 0 Å². The van der Waals surface area contributed by atoms with Crippen molar-refractivity contribution in [2.45, 2.75) is 51.6 Å². The van der Waals surface area contributed by atoms with E-state index in [4.69, 9.17) is 4.74 Å². The zero-order chi connectivity index (χ0) is 8.81. The monoisotopic (exact) mass is 169 g/mol. The average Bonchev–Trinajstić information content (AvgIpc) is 2.06. The van der Waals surface area contributed by atoms with Gasteiger partial charge in [-0.25, -0.2) is 0 Å². The van der Waals surface area contributed by atoms with Crippen molar-refractivity contribution in [1.29, 1.82) is 0 Å². The fourth-order valence-corrected chi connectivity index (χ4v) is 1.58. The fraction of sp³-hybridized carbons (Fsp3) is 0.800. The molecule has 0 aromatic heterocycles. The van der Waals surface area contributed by atoms with Crippen LogP contribution in [0.15, 0.2) is 0 Å². The van der Waals surface area contributed by atoms with Crippen LogP contribution in [0.1, 0.15) is 45.4 Å². The molecular weight excluding hydrogens is 152 g/mol. The molecule has 1 saturated carbocycles. The third-order valence-corrected chi connectivity index (χ3v) is 2.22. The summed E-state index contributed by atoms with van der Waals surface area (Å²) in [4.78, 5) is 11.1. The molecule has 69 valence electrons. The van der Waals surface area contributed by atoms with Crippen LogP contribution in [0.3, 0.4) is 0 Å². The van der Waals surface area contributed by atoms with Crippen molar-refractivity contribution >= 4 is 5.97 Å². The zero-order valence-corrected chi connectivity index (χ0v) is 7.71. The summed E-state index contributed by atoms with van der Waals surface area (Å²) < 4.78 is 5.26. The molecule has 0 N–H and O–H groups in total. The van der Waals surface area contributed by atoms with Crippen LogP contribution in [-0.4, -0.2) is 12.1 Å². The Kier molecular flexibility index (Phi) is 4.12. The van der Waals surface area contributed by atoms with Gasteiger partial charge in [-0.1, -0.05) is 13.3 Å². The number of carbonyl (C=O) groups is 1. The Bertz CT molecular complexity index is 137. The number of carbonyl (C=O) groups excluding carboxylic acids is 1. The van der Waals surface area contributed by atoms with Crippen LogP contribution in [0.5, 0.6) is 0 Å². The van der Waals surface area contributed by atoms with Crippen LogP contribution >= 0.6 is 0 Å². The van der Waals surface area contributed by atoms with Gasteiger partial charge in [0.05, 0.1) is 0 Å². The van der Waals surface area contributed by atoms with E-state index in [1.165, 1.54) is 19.3 Å². The molecule has 0 amide bonds. The normalized spacial score (nSPS) is 19.1. The maximum Gasteiger partial charge on any atom is 0.306 e. The number of esters is 1. The quantitative estimate of drug-likeness (QED) is 0.607. The molecule has 0 aromatic carbocycles. The SMILES string of the molecule is C[CH]CC(=O)OC1CCCCC1. The Hall–Kier alpha value is -0.530. The molecule has 0 aliphatic heterocycles. The smallest absolute Gasteiger partial charge is 0.306 e. The maximum absolute atomic E-state index is 11.1. The molecule has 1 fully saturated rings. The van der Waals surface area contributed by atoms with Crippen LogP contribution in [0, 0.1) is 6.42 Å². The summed E-state index contributed by atoms with van der Waals surface area (Å²) in [6, 6.07) is 0. The molecule has 2 heteroatoms. The Morgan fingerprint density at radius 1 is 1.42 bits per heavy atom. The van der Waals surface area contributed by atoms with Gasteiger partial charge < -0.3 is 4.74 Å². The van der Waals surface area contributed by atoms with Gasteiger partial charge in [0.2, 0.25) is 0 Å². The molecule has 0 heterocycles. The highest BCUT2D eigenvalue weighted by molar-refractivity contribution is 5.70. The molecular formula is C10H17O2. The molecule has 0 atom stereocenters. The third-order valence-electron chi connectivity index (χ3n) is 2.22. The van der Waals surface area contributed by atoms with Crippen molar-refractivity contribution in [1.82, 2.24) is 0 Å². The average molecular weight is 169 g/mol. The van der Waals surface area contributed by atoms with Gasteiger partial charge in [0.1, 0.15) is 6.10 Å². The highest BCUT2D eigenvalue weighted by Gasteiger charge is 2.16. The Morgan fingerprint density at radius 2 is 2.08 bits per heavy atom. The van der Waals surface area contributed by atoms with Crippen LogP contribution < -0.4 is 0 Å². The highest BCUT2D eigenvalue weighted by atomic mass is 16.5. The first kappa shape index (κ1) is 9.56. The van der Waals surface area contributed by atoms with E-state index >= 15 is 0 Å². The number of ether oxygens (including phenoxy) is 1. The summed E-state index contributed by atoms with van der Waals surface area (Å²) in [5, 5.41) is 0. The summed E-state index contributed by atoms with van der Waals surface area (Å²) in [5.41, 5.74) is 0. The fourth-order valence-electron chi connectivity index (χ4n) is 1.58. The summed E-state index contributed by atoms with van der Waals surface area (Å²) in [6.45, 7) is 1.88. The van der Waals surface area contributed by atoms with Crippen LogP contribution in [-0.2, 0) is 9.53 Å². The molecule has 2 nitrogen and oxygen atoms in total. The Balaban J connectivity index is 2.15. The third kappa shape index (κ3) is 3.24. The molecule has 0 spiro atoms. The van der Waals surface area contributed by atoms with Gasteiger partial charge in [-0.15, -0.1) is 0 Å². The molecule has 1 aliphatic rings. The first-order valence-corrected chi connectivity index (χ1v) is 4.80. The van der Waals surface area contributed by atoms with Gasteiger partial charge >= 0.3 is 5.97 Å². The predicted octanol–water partition coefficient (Wildman–Crippen LogP) is 2.48. The lowest BCUT2D eigenvalue weighted by molar-refractivity contribution is -0.149. The van der Waals surface area contributed by atoms with E-state index in [1.54, 1.807) is 0 Å². The highest BCUT2D eigenvalue weighted by Crippen LogP contribution is 2.20. The first-order valence-electron chi connectivity index (χ1n) is 4.80. The molecule has 1 rings (SSSR count). The lowest BCUT2D eigenvalue weighted by Gasteiger charge is -2.21. The van der Waals surface area contributed by atoms with Crippen molar-refractivity contribution < 1.29 is 9.53 Å². The largest absolute Gasteiger partial charge is 0.462 e. The van der Waals surface area contributed by atoms with E-state index in [9.17, 15) is 4.79 Å². The van der Waals surface area contributed by atoms with E-state index < -0.39 is 0 Å². The second-order valence-electron chi connectivity index (χ2n) is 3.36. The first-order chi connectivity index (χ1) is 5.83. The lowest BCUT2D eigenvalue weighted by atomic mass is 9.98. The number of hydrogen-bond donors (Lipinski definition) is 0. The molecule has 0 saturated heterocycles. The molecule has 0 unspecified atom stereocenters. The Morgan fingerprint density at radius 3 is 2.67 bits per heavy atom. The summed E-state index contributed by atoms with van der Waals surface area (Å²) >= 11 is 0. The van der Waals surface area contributed by atoms with Gasteiger partial charge in [0.25, 0.3) is 0 Å². The van der Waals surface area contributed by atoms with Gasteiger partial charge in [0, 0.05) is 6.42 Å². The standard InChI is InChI=1S/C10H17O2/c1-2-6-10(11)12-9-7-4-3-5-8-9/h2,9H,3-8H2,1H3. The van der Waals surface area contributed by atoms with E-state index in [0.29, 0.717) is 6.42 Å². The minimum atomic E-state index is -0.0654. The van der Waals surface area contributed by atoms with Crippen LogP contribution in [0.2, 0.25) is 0 Å². The van der Waals surface area contributed by atoms with Gasteiger partial charge in [0.15, 0.2) is 0 Å². The van der Waals surface area contributed by atoms with Crippen molar-refractivity contribution in [3.05, 3.63) is 6.42 Å². The van der Waals surface area contributed by atoms with Crippen LogP contribution in [0.25, 0.3) is 0 Å². The molecule has 12 heavy (non-hydrogen) atoms. The maximum atomic E-state index is 11.1. The van der Waals surface area contributed by atoms with Crippen molar-refractivity contribution in [3.63, 3.8) is 0 Å². The summed E-state index contributed by atoms with van der Waals surface area (Å²) in [6.07, 6.45) is 8.37. The molecule has 0 aromatic rings. The van der Waals surface area contributed by atoms with Gasteiger partial charge in [-0.2, -0.15) is 0 Å².